The van der Waals surface area contributed by atoms with Gasteiger partial charge in [-0.25, -0.2) is 4.79 Å². The van der Waals surface area contributed by atoms with E-state index in [0.717, 1.165) is 0 Å². The maximum Gasteiger partial charge on any atom is 0.326 e. The van der Waals surface area contributed by atoms with Gasteiger partial charge in [0.25, 0.3) is 0 Å². The average molecular weight is 446 g/mol. The van der Waals surface area contributed by atoms with Gasteiger partial charge >= 0.3 is 11.9 Å². The molecule has 0 heterocycles. The van der Waals surface area contributed by atoms with Gasteiger partial charge in [0, 0.05) is 6.42 Å². The lowest BCUT2D eigenvalue weighted by molar-refractivity contribution is -0.147. The van der Waals surface area contributed by atoms with E-state index in [0.29, 0.717) is 0 Å². The van der Waals surface area contributed by atoms with E-state index in [9.17, 15) is 33.6 Å². The highest BCUT2D eigenvalue weighted by Crippen LogP contribution is 2.03. The Morgan fingerprint density at radius 3 is 1.65 bits per heavy atom. The molecule has 4 atom stereocenters. The number of aliphatic carboxylic acids is 2. The molecular formula is C16H26N6O9. The first kappa shape index (κ1) is 27.2. The highest BCUT2D eigenvalue weighted by atomic mass is 16.4. The van der Waals surface area contributed by atoms with Gasteiger partial charge in [0.2, 0.25) is 29.5 Å². The first-order valence-electron chi connectivity index (χ1n) is 8.92. The smallest absolute Gasteiger partial charge is 0.326 e. The molecule has 15 nitrogen and oxygen atoms in total. The number of rotatable bonds is 14. The molecule has 0 aromatic carbocycles. The van der Waals surface area contributed by atoms with Crippen LogP contribution in [0.5, 0.6) is 0 Å². The summed E-state index contributed by atoms with van der Waals surface area (Å²) >= 11 is 0. The van der Waals surface area contributed by atoms with Gasteiger partial charge in [0.05, 0.1) is 18.9 Å². The van der Waals surface area contributed by atoms with Crippen molar-refractivity contribution in [3.05, 3.63) is 0 Å². The summed E-state index contributed by atoms with van der Waals surface area (Å²) in [5.74, 6) is -7.94. The van der Waals surface area contributed by atoms with E-state index in [-0.39, 0.29) is 6.42 Å². The van der Waals surface area contributed by atoms with Crippen molar-refractivity contribution in [1.29, 1.82) is 0 Å². The number of hydrogen-bond donors (Lipinski definition) is 8. The highest BCUT2D eigenvalue weighted by molar-refractivity contribution is 5.96. The van der Waals surface area contributed by atoms with Crippen LogP contribution in [0.2, 0.25) is 0 Å². The van der Waals surface area contributed by atoms with Crippen LogP contribution in [-0.2, 0) is 33.6 Å². The van der Waals surface area contributed by atoms with Crippen LogP contribution in [0.15, 0.2) is 0 Å². The number of carbonyl (C=O) groups is 7. The number of carbonyl (C=O) groups excluding carboxylic acids is 5. The predicted molar refractivity (Wildman–Crippen MR) is 102 cm³/mol. The van der Waals surface area contributed by atoms with Crippen LogP contribution < -0.4 is 33.2 Å². The number of primary amides is 2. The van der Waals surface area contributed by atoms with E-state index >= 15 is 0 Å². The maximum absolute atomic E-state index is 12.5. The zero-order valence-electron chi connectivity index (χ0n) is 16.6. The lowest BCUT2D eigenvalue weighted by Crippen LogP contribution is -2.57. The Hall–Kier alpha value is -3.75. The summed E-state index contributed by atoms with van der Waals surface area (Å²) in [6.45, 7) is 1.31. The monoisotopic (exact) mass is 446 g/mol. The summed E-state index contributed by atoms with van der Waals surface area (Å²) in [4.78, 5) is 80.9. The van der Waals surface area contributed by atoms with Crippen LogP contribution in [0, 0.1) is 0 Å². The quantitative estimate of drug-likeness (QED) is 0.126. The van der Waals surface area contributed by atoms with Crippen LogP contribution in [0.4, 0.5) is 0 Å². The molecule has 0 aromatic rings. The van der Waals surface area contributed by atoms with Gasteiger partial charge in [0.1, 0.15) is 18.1 Å². The largest absolute Gasteiger partial charge is 0.481 e. The van der Waals surface area contributed by atoms with E-state index in [2.05, 4.69) is 10.6 Å². The zero-order valence-corrected chi connectivity index (χ0v) is 16.6. The molecule has 0 rings (SSSR count). The first-order chi connectivity index (χ1) is 14.2. The summed E-state index contributed by atoms with van der Waals surface area (Å²) in [6, 6.07) is -5.92. The molecule has 0 spiro atoms. The van der Waals surface area contributed by atoms with Crippen molar-refractivity contribution in [2.24, 2.45) is 17.2 Å². The van der Waals surface area contributed by atoms with Crippen molar-refractivity contribution in [1.82, 2.24) is 16.0 Å². The Bertz CT molecular complexity index is 739. The second-order valence-electron chi connectivity index (χ2n) is 6.58. The fraction of sp³-hybridized carbons (Fsp3) is 0.562. The molecule has 0 aliphatic heterocycles. The molecule has 174 valence electrons. The molecule has 0 fully saturated rings. The van der Waals surface area contributed by atoms with Crippen molar-refractivity contribution in [3.63, 3.8) is 0 Å². The second-order valence-corrected chi connectivity index (χ2v) is 6.58. The number of nitrogens with one attached hydrogen (secondary N) is 3. The first-order valence-corrected chi connectivity index (χ1v) is 8.92. The lowest BCUT2D eigenvalue weighted by atomic mass is 10.1. The van der Waals surface area contributed by atoms with Crippen LogP contribution in [0.25, 0.3) is 0 Å². The molecule has 0 aliphatic rings. The molecule has 11 N–H and O–H groups in total. The topological polar surface area (TPSA) is 274 Å². The molecule has 0 bridgehead atoms. The Morgan fingerprint density at radius 2 is 1.23 bits per heavy atom. The van der Waals surface area contributed by atoms with Crippen molar-refractivity contribution < 1.29 is 43.8 Å². The second kappa shape index (κ2) is 12.7. The fourth-order valence-electron chi connectivity index (χ4n) is 2.19. The molecule has 4 unspecified atom stereocenters. The van der Waals surface area contributed by atoms with Gasteiger partial charge in [-0.1, -0.05) is 0 Å². The molecular weight excluding hydrogens is 420 g/mol. The SMILES string of the molecule is CC(N)C(=O)NC(CC(N)=O)C(=O)NC(CCC(N)=O)C(=O)NC(CC(=O)O)C(=O)O. The van der Waals surface area contributed by atoms with E-state index < -0.39 is 84.9 Å². The van der Waals surface area contributed by atoms with Crippen LogP contribution in [-0.4, -0.2) is 75.9 Å². The third-order valence-corrected chi connectivity index (χ3v) is 3.76. The minimum absolute atomic E-state index is 0.378. The minimum Gasteiger partial charge on any atom is -0.481 e. The van der Waals surface area contributed by atoms with E-state index in [1.165, 1.54) is 6.92 Å². The maximum atomic E-state index is 12.5. The zero-order chi connectivity index (χ0) is 24.3. The van der Waals surface area contributed by atoms with Gasteiger partial charge < -0.3 is 43.4 Å². The predicted octanol–water partition coefficient (Wildman–Crippen LogP) is -4.51. The van der Waals surface area contributed by atoms with Crippen LogP contribution in [0.1, 0.15) is 32.6 Å². The summed E-state index contributed by atoms with van der Waals surface area (Å²) < 4.78 is 0. The van der Waals surface area contributed by atoms with Crippen molar-refractivity contribution in [2.45, 2.75) is 56.8 Å². The molecule has 0 saturated heterocycles. The summed E-state index contributed by atoms with van der Waals surface area (Å²) in [5.41, 5.74) is 15.5. The third-order valence-electron chi connectivity index (χ3n) is 3.76. The van der Waals surface area contributed by atoms with Crippen molar-refractivity contribution >= 4 is 41.5 Å². The Labute approximate surface area is 176 Å². The Kier molecular flexibility index (Phi) is 11.2. The molecule has 15 heteroatoms. The normalized spacial score (nSPS) is 14.3. The summed E-state index contributed by atoms with van der Waals surface area (Å²) in [6.07, 6.45) is -2.38. The van der Waals surface area contributed by atoms with E-state index in [1.54, 1.807) is 0 Å². The van der Waals surface area contributed by atoms with Crippen LogP contribution in [0.3, 0.4) is 0 Å². The number of amides is 5. The number of nitrogens with two attached hydrogens (primary N) is 3. The Morgan fingerprint density at radius 1 is 0.742 bits per heavy atom. The van der Waals surface area contributed by atoms with E-state index in [1.807, 2.05) is 5.32 Å². The van der Waals surface area contributed by atoms with Gasteiger partial charge in [-0.15, -0.1) is 0 Å². The number of carboxylic acids is 2. The van der Waals surface area contributed by atoms with Gasteiger partial charge in [-0.2, -0.15) is 0 Å². The van der Waals surface area contributed by atoms with Gasteiger partial charge in [-0.3, -0.25) is 28.8 Å². The standard InChI is InChI=1S/C16H26N6O9/c1-6(17)13(27)21-8(4-11(19)24)15(29)20-7(2-3-10(18)23)14(28)22-9(16(30)31)5-12(25)26/h6-9H,2-5,17H2,1H3,(H2,18,23)(H2,19,24)(H,20,29)(H,21,27)(H,22,28)(H,25,26)(H,30,31). The minimum atomic E-state index is -1.82. The van der Waals surface area contributed by atoms with Gasteiger partial charge in [0.15, 0.2) is 0 Å². The number of carboxylic acid groups (broad SMARTS) is 2. The van der Waals surface area contributed by atoms with E-state index in [4.69, 9.17) is 27.4 Å². The highest BCUT2D eigenvalue weighted by Gasteiger charge is 2.31. The van der Waals surface area contributed by atoms with Crippen molar-refractivity contribution in [3.8, 4) is 0 Å². The van der Waals surface area contributed by atoms with Crippen LogP contribution >= 0.6 is 0 Å². The molecule has 0 saturated carbocycles. The lowest BCUT2D eigenvalue weighted by Gasteiger charge is -2.24. The Balaban J connectivity index is 5.54. The molecule has 5 amide bonds. The number of hydrogen-bond acceptors (Lipinski definition) is 8. The fourth-order valence-corrected chi connectivity index (χ4v) is 2.19. The molecule has 31 heavy (non-hydrogen) atoms. The van der Waals surface area contributed by atoms with Crippen molar-refractivity contribution in [2.75, 3.05) is 0 Å². The summed E-state index contributed by atoms with van der Waals surface area (Å²) in [7, 11) is 0. The van der Waals surface area contributed by atoms with Gasteiger partial charge in [-0.05, 0) is 13.3 Å². The average Bonchev–Trinajstić information content (AvgIpc) is 2.62. The summed E-state index contributed by atoms with van der Waals surface area (Å²) in [5, 5.41) is 24.1. The molecule has 0 radical (unpaired) electrons. The molecule has 0 aromatic heterocycles. The third kappa shape index (κ3) is 11.1. The molecule has 0 aliphatic carbocycles.